The zero-order valence-electron chi connectivity index (χ0n) is 8.24. The van der Waals surface area contributed by atoms with Gasteiger partial charge in [0.15, 0.2) is 5.52 Å². The van der Waals surface area contributed by atoms with E-state index in [2.05, 4.69) is 9.97 Å². The zero-order valence-corrected chi connectivity index (χ0v) is 8.24. The third kappa shape index (κ3) is 1.26. The summed E-state index contributed by atoms with van der Waals surface area (Å²) in [5.74, 6) is 0.467. The van der Waals surface area contributed by atoms with Crippen LogP contribution in [0.4, 0.5) is 10.1 Å². The van der Waals surface area contributed by atoms with Gasteiger partial charge in [-0.15, -0.1) is 0 Å². The van der Waals surface area contributed by atoms with Crippen molar-refractivity contribution < 1.29 is 9.31 Å². The van der Waals surface area contributed by atoms with E-state index in [0.29, 0.717) is 11.7 Å². The Bertz CT molecular complexity index is 589. The van der Waals surface area contributed by atoms with Crippen LogP contribution < -0.4 is 0 Å². The number of nitrogens with one attached hydrogen (secondary N) is 1. The van der Waals surface area contributed by atoms with E-state index in [1.807, 2.05) is 0 Å². The standard InChI is InChI=1S/C10H8FN3O2/c11-6-3-4-7(14(15)16)9-8(6)12-10(13-9)5-1-2-5/h3-5H,1-2H2,(H,12,13). The van der Waals surface area contributed by atoms with Crippen LogP contribution in [0.5, 0.6) is 0 Å². The maximum Gasteiger partial charge on any atom is 0.297 e. The predicted octanol–water partition coefficient (Wildman–Crippen LogP) is 2.49. The maximum absolute atomic E-state index is 13.4. The van der Waals surface area contributed by atoms with Crippen LogP contribution in [0.25, 0.3) is 11.0 Å². The number of H-pyrrole nitrogens is 1. The van der Waals surface area contributed by atoms with Gasteiger partial charge in [0.1, 0.15) is 17.2 Å². The normalized spacial score (nSPS) is 15.6. The number of hydrogen-bond acceptors (Lipinski definition) is 3. The summed E-state index contributed by atoms with van der Waals surface area (Å²) in [7, 11) is 0. The second kappa shape index (κ2) is 3.01. The molecule has 1 aliphatic carbocycles. The summed E-state index contributed by atoms with van der Waals surface area (Å²) in [5.41, 5.74) is 0.0996. The molecular weight excluding hydrogens is 213 g/mol. The van der Waals surface area contributed by atoms with Crippen LogP contribution in [-0.2, 0) is 0 Å². The van der Waals surface area contributed by atoms with Crippen molar-refractivity contribution in [2.24, 2.45) is 0 Å². The summed E-state index contributed by atoms with van der Waals surface area (Å²) in [6.45, 7) is 0. The molecule has 0 aliphatic heterocycles. The lowest BCUT2D eigenvalue weighted by Crippen LogP contribution is -1.90. The molecule has 1 heterocycles. The molecule has 1 aliphatic rings. The number of aromatic amines is 1. The van der Waals surface area contributed by atoms with Gasteiger partial charge in [0.05, 0.1) is 4.92 Å². The molecule has 0 amide bonds. The lowest BCUT2D eigenvalue weighted by Gasteiger charge is -1.92. The highest BCUT2D eigenvalue weighted by atomic mass is 19.1. The number of nitro groups is 1. The number of nitrogens with zero attached hydrogens (tertiary/aromatic N) is 2. The van der Waals surface area contributed by atoms with Crippen molar-refractivity contribution in [3.05, 3.63) is 33.9 Å². The topological polar surface area (TPSA) is 71.8 Å². The van der Waals surface area contributed by atoms with Crippen molar-refractivity contribution in [1.82, 2.24) is 9.97 Å². The van der Waals surface area contributed by atoms with Crippen molar-refractivity contribution in [1.29, 1.82) is 0 Å². The first-order valence-electron chi connectivity index (χ1n) is 4.99. The van der Waals surface area contributed by atoms with Gasteiger partial charge < -0.3 is 4.98 Å². The lowest BCUT2D eigenvalue weighted by atomic mass is 10.2. The Morgan fingerprint density at radius 2 is 2.25 bits per heavy atom. The minimum Gasteiger partial charge on any atom is -0.339 e. The Balaban J connectivity index is 2.29. The summed E-state index contributed by atoms with van der Waals surface area (Å²) in [6, 6.07) is 2.24. The van der Waals surface area contributed by atoms with E-state index in [-0.39, 0.29) is 16.7 Å². The number of halogens is 1. The van der Waals surface area contributed by atoms with Gasteiger partial charge in [-0.3, -0.25) is 10.1 Å². The average Bonchev–Trinajstić information content (AvgIpc) is 2.98. The highest BCUT2D eigenvalue weighted by Gasteiger charge is 2.29. The van der Waals surface area contributed by atoms with Crippen molar-refractivity contribution in [3.8, 4) is 0 Å². The minimum absolute atomic E-state index is 0.117. The second-order valence-corrected chi connectivity index (χ2v) is 3.94. The maximum atomic E-state index is 13.4. The molecule has 0 saturated heterocycles. The smallest absolute Gasteiger partial charge is 0.297 e. The third-order valence-electron chi connectivity index (χ3n) is 2.75. The molecule has 0 radical (unpaired) electrons. The van der Waals surface area contributed by atoms with Gasteiger partial charge in [-0.25, -0.2) is 9.37 Å². The number of non-ortho nitro benzene ring substituents is 1. The molecule has 1 fully saturated rings. The molecule has 0 bridgehead atoms. The van der Waals surface area contributed by atoms with Crippen molar-refractivity contribution in [3.63, 3.8) is 0 Å². The molecule has 1 N–H and O–H groups in total. The Morgan fingerprint density at radius 1 is 1.50 bits per heavy atom. The SMILES string of the molecule is O=[N+]([O-])c1ccc(F)c2[nH]c(C3CC3)nc12. The van der Waals surface area contributed by atoms with Gasteiger partial charge in [0, 0.05) is 12.0 Å². The minimum atomic E-state index is -0.542. The van der Waals surface area contributed by atoms with E-state index in [4.69, 9.17) is 0 Å². The summed E-state index contributed by atoms with van der Waals surface area (Å²) in [6.07, 6.45) is 2.02. The van der Waals surface area contributed by atoms with E-state index >= 15 is 0 Å². The van der Waals surface area contributed by atoms with Gasteiger partial charge >= 0.3 is 0 Å². The molecule has 1 saturated carbocycles. The van der Waals surface area contributed by atoms with E-state index in [1.54, 1.807) is 0 Å². The summed E-state index contributed by atoms with van der Waals surface area (Å²) in [4.78, 5) is 17.2. The fourth-order valence-electron chi connectivity index (χ4n) is 1.76. The molecule has 1 aromatic carbocycles. The van der Waals surface area contributed by atoms with Crippen LogP contribution in [0.15, 0.2) is 12.1 Å². The molecule has 1 aromatic heterocycles. The average molecular weight is 221 g/mol. The monoisotopic (exact) mass is 221 g/mol. The largest absolute Gasteiger partial charge is 0.339 e. The number of imidazole rings is 1. The van der Waals surface area contributed by atoms with Gasteiger partial charge in [-0.05, 0) is 18.9 Å². The molecule has 5 nitrogen and oxygen atoms in total. The number of nitro benzene ring substituents is 1. The third-order valence-corrected chi connectivity index (χ3v) is 2.75. The molecule has 0 spiro atoms. The van der Waals surface area contributed by atoms with E-state index in [1.165, 1.54) is 0 Å². The Hall–Kier alpha value is -1.98. The van der Waals surface area contributed by atoms with E-state index < -0.39 is 10.7 Å². The summed E-state index contributed by atoms with van der Waals surface area (Å²) < 4.78 is 13.4. The van der Waals surface area contributed by atoms with Crippen molar-refractivity contribution >= 4 is 16.7 Å². The molecule has 6 heteroatoms. The molecule has 0 unspecified atom stereocenters. The molecule has 82 valence electrons. The first-order chi connectivity index (χ1) is 7.66. The quantitative estimate of drug-likeness (QED) is 0.625. The van der Waals surface area contributed by atoms with Gasteiger partial charge in [-0.2, -0.15) is 0 Å². The zero-order chi connectivity index (χ0) is 11.3. The molecule has 2 aromatic rings. The highest BCUT2D eigenvalue weighted by molar-refractivity contribution is 5.85. The Kier molecular flexibility index (Phi) is 1.74. The number of fused-ring (bicyclic) bond motifs is 1. The van der Waals surface area contributed by atoms with Crippen LogP contribution in [0, 0.1) is 15.9 Å². The highest BCUT2D eigenvalue weighted by Crippen LogP contribution is 2.40. The van der Waals surface area contributed by atoms with Crippen LogP contribution in [-0.4, -0.2) is 14.9 Å². The fourth-order valence-corrected chi connectivity index (χ4v) is 1.76. The van der Waals surface area contributed by atoms with Crippen molar-refractivity contribution in [2.45, 2.75) is 18.8 Å². The van der Waals surface area contributed by atoms with Crippen LogP contribution in [0.1, 0.15) is 24.6 Å². The Labute approximate surface area is 89.4 Å². The van der Waals surface area contributed by atoms with Gasteiger partial charge in [0.2, 0.25) is 0 Å². The predicted molar refractivity (Wildman–Crippen MR) is 54.7 cm³/mol. The molecular formula is C10H8FN3O2. The van der Waals surface area contributed by atoms with E-state index in [9.17, 15) is 14.5 Å². The number of rotatable bonds is 2. The second-order valence-electron chi connectivity index (χ2n) is 3.94. The number of benzene rings is 1. The summed E-state index contributed by atoms with van der Waals surface area (Å²) >= 11 is 0. The van der Waals surface area contributed by atoms with Gasteiger partial charge in [0.25, 0.3) is 5.69 Å². The first-order valence-corrected chi connectivity index (χ1v) is 4.99. The van der Waals surface area contributed by atoms with E-state index in [0.717, 1.165) is 25.0 Å². The van der Waals surface area contributed by atoms with Gasteiger partial charge in [-0.1, -0.05) is 0 Å². The van der Waals surface area contributed by atoms with Crippen LogP contribution >= 0.6 is 0 Å². The number of aromatic nitrogens is 2. The number of hydrogen-bond donors (Lipinski definition) is 1. The van der Waals surface area contributed by atoms with Crippen LogP contribution in [0.3, 0.4) is 0 Å². The van der Waals surface area contributed by atoms with Crippen LogP contribution in [0.2, 0.25) is 0 Å². The van der Waals surface area contributed by atoms with Crippen molar-refractivity contribution in [2.75, 3.05) is 0 Å². The first kappa shape index (κ1) is 9.26. The lowest BCUT2D eigenvalue weighted by molar-refractivity contribution is -0.383. The molecule has 3 rings (SSSR count). The molecule has 0 atom stereocenters. The fraction of sp³-hybridized carbons (Fsp3) is 0.300. The summed E-state index contributed by atoms with van der Waals surface area (Å²) in [5, 5.41) is 10.8. The molecule has 16 heavy (non-hydrogen) atoms. The Morgan fingerprint density at radius 3 is 2.88 bits per heavy atom.